The summed E-state index contributed by atoms with van der Waals surface area (Å²) >= 11 is 0. The third-order valence-electron chi connectivity index (χ3n) is 4.75. The Balaban J connectivity index is 1.62. The third-order valence-corrected chi connectivity index (χ3v) is 4.75. The van der Waals surface area contributed by atoms with E-state index in [2.05, 4.69) is 0 Å². The number of rotatable bonds is 2. The molecule has 4 rings (SSSR count). The predicted molar refractivity (Wildman–Crippen MR) is 80.6 cm³/mol. The summed E-state index contributed by atoms with van der Waals surface area (Å²) in [5, 5.41) is 20.1. The molecular weight excluding hydrogens is 280 g/mol. The van der Waals surface area contributed by atoms with Gasteiger partial charge in [-0.05, 0) is 12.1 Å². The summed E-state index contributed by atoms with van der Waals surface area (Å²) in [4.78, 5) is 0. The topological polar surface area (TPSA) is 58.9 Å². The van der Waals surface area contributed by atoms with E-state index >= 15 is 0 Å². The molecule has 2 N–H and O–H groups in total. The van der Waals surface area contributed by atoms with Crippen molar-refractivity contribution in [3.8, 4) is 11.5 Å². The van der Waals surface area contributed by atoms with Crippen LogP contribution in [0.25, 0.3) is 0 Å². The fourth-order valence-electron chi connectivity index (χ4n) is 3.64. The van der Waals surface area contributed by atoms with Crippen molar-refractivity contribution in [3.63, 3.8) is 0 Å². The maximum atomic E-state index is 10.1. The molecule has 0 spiro atoms. The van der Waals surface area contributed by atoms with E-state index in [0.717, 1.165) is 11.1 Å². The molecule has 22 heavy (non-hydrogen) atoms. The van der Waals surface area contributed by atoms with Crippen LogP contribution in [0.4, 0.5) is 0 Å². The summed E-state index contributed by atoms with van der Waals surface area (Å²) in [7, 11) is 0. The molecule has 0 aliphatic carbocycles. The van der Waals surface area contributed by atoms with Crippen LogP contribution in [-0.2, 0) is 9.47 Å². The number of phenols is 2. The largest absolute Gasteiger partial charge is 0.508 e. The van der Waals surface area contributed by atoms with Crippen molar-refractivity contribution in [2.75, 3.05) is 13.2 Å². The SMILES string of the molecule is Oc1ccccc1C1OCC2C(c3ccccc3O)OCC12. The van der Waals surface area contributed by atoms with Gasteiger partial charge < -0.3 is 19.7 Å². The van der Waals surface area contributed by atoms with E-state index in [1.807, 2.05) is 24.3 Å². The van der Waals surface area contributed by atoms with Gasteiger partial charge in [0, 0.05) is 23.0 Å². The molecule has 2 fully saturated rings. The second-order valence-corrected chi connectivity index (χ2v) is 5.95. The average Bonchev–Trinajstić information content (AvgIpc) is 3.10. The Hall–Kier alpha value is -2.04. The first-order valence-corrected chi connectivity index (χ1v) is 7.54. The lowest BCUT2D eigenvalue weighted by molar-refractivity contribution is 0.0179. The Morgan fingerprint density at radius 1 is 0.682 bits per heavy atom. The van der Waals surface area contributed by atoms with Crippen LogP contribution in [0.3, 0.4) is 0 Å². The highest BCUT2D eigenvalue weighted by Gasteiger charge is 2.49. The Kier molecular flexibility index (Phi) is 3.28. The Morgan fingerprint density at radius 3 is 1.50 bits per heavy atom. The first kappa shape index (κ1) is 13.6. The van der Waals surface area contributed by atoms with Crippen LogP contribution in [0.1, 0.15) is 23.3 Å². The first-order chi connectivity index (χ1) is 10.8. The minimum Gasteiger partial charge on any atom is -0.508 e. The smallest absolute Gasteiger partial charge is 0.121 e. The molecule has 0 aromatic heterocycles. The van der Waals surface area contributed by atoms with Gasteiger partial charge in [-0.2, -0.15) is 0 Å². The molecule has 0 bridgehead atoms. The van der Waals surface area contributed by atoms with Crippen molar-refractivity contribution in [1.82, 2.24) is 0 Å². The summed E-state index contributed by atoms with van der Waals surface area (Å²) in [5.41, 5.74) is 1.63. The number of aromatic hydroxyl groups is 2. The van der Waals surface area contributed by atoms with Crippen LogP contribution < -0.4 is 0 Å². The van der Waals surface area contributed by atoms with E-state index in [9.17, 15) is 10.2 Å². The molecule has 2 aromatic rings. The molecule has 4 nitrogen and oxygen atoms in total. The van der Waals surface area contributed by atoms with E-state index < -0.39 is 0 Å². The lowest BCUT2D eigenvalue weighted by Gasteiger charge is -2.18. The van der Waals surface area contributed by atoms with Gasteiger partial charge in [-0.25, -0.2) is 0 Å². The second kappa shape index (κ2) is 5.30. The predicted octanol–water partition coefficient (Wildman–Crippen LogP) is 3.17. The van der Waals surface area contributed by atoms with E-state index in [1.165, 1.54) is 0 Å². The molecule has 2 saturated heterocycles. The number of phenolic OH excluding ortho intramolecular Hbond substituents is 2. The lowest BCUT2D eigenvalue weighted by atomic mass is 9.84. The highest BCUT2D eigenvalue weighted by atomic mass is 16.5. The molecular formula is C18H18O4. The summed E-state index contributed by atoms with van der Waals surface area (Å²) in [6.07, 6.45) is -0.302. The fourth-order valence-corrected chi connectivity index (χ4v) is 3.64. The van der Waals surface area contributed by atoms with E-state index in [0.29, 0.717) is 13.2 Å². The van der Waals surface area contributed by atoms with Crippen LogP contribution in [0.2, 0.25) is 0 Å². The number of para-hydroxylation sites is 2. The van der Waals surface area contributed by atoms with Gasteiger partial charge in [-0.1, -0.05) is 36.4 Å². The number of hydrogen-bond donors (Lipinski definition) is 2. The van der Waals surface area contributed by atoms with Gasteiger partial charge in [-0.3, -0.25) is 0 Å². The summed E-state index contributed by atoms with van der Waals surface area (Å²) < 4.78 is 11.9. The normalized spacial score (nSPS) is 30.4. The molecule has 0 saturated carbocycles. The molecule has 4 atom stereocenters. The molecule has 0 radical (unpaired) electrons. The monoisotopic (exact) mass is 298 g/mol. The van der Waals surface area contributed by atoms with Gasteiger partial charge >= 0.3 is 0 Å². The fraction of sp³-hybridized carbons (Fsp3) is 0.333. The lowest BCUT2D eigenvalue weighted by Crippen LogP contribution is -2.14. The van der Waals surface area contributed by atoms with Crippen molar-refractivity contribution in [2.45, 2.75) is 12.2 Å². The number of ether oxygens (including phenoxy) is 2. The molecule has 2 aliphatic heterocycles. The zero-order valence-corrected chi connectivity index (χ0v) is 12.1. The van der Waals surface area contributed by atoms with Gasteiger partial charge in [0.25, 0.3) is 0 Å². The van der Waals surface area contributed by atoms with Crippen molar-refractivity contribution < 1.29 is 19.7 Å². The minimum atomic E-state index is -0.151. The van der Waals surface area contributed by atoms with E-state index in [4.69, 9.17) is 9.47 Å². The van der Waals surface area contributed by atoms with Gasteiger partial charge in [0.2, 0.25) is 0 Å². The van der Waals surface area contributed by atoms with Gasteiger partial charge in [-0.15, -0.1) is 0 Å². The van der Waals surface area contributed by atoms with Crippen molar-refractivity contribution >= 4 is 0 Å². The van der Waals surface area contributed by atoms with Gasteiger partial charge in [0.1, 0.15) is 11.5 Å². The highest BCUT2D eigenvalue weighted by molar-refractivity contribution is 5.37. The zero-order valence-electron chi connectivity index (χ0n) is 12.1. The van der Waals surface area contributed by atoms with Crippen LogP contribution in [-0.4, -0.2) is 23.4 Å². The molecule has 114 valence electrons. The Morgan fingerprint density at radius 2 is 1.09 bits per heavy atom. The van der Waals surface area contributed by atoms with Gasteiger partial charge in [0.15, 0.2) is 0 Å². The molecule has 4 heteroatoms. The number of benzene rings is 2. The Labute approximate surface area is 128 Å². The van der Waals surface area contributed by atoms with Crippen molar-refractivity contribution in [3.05, 3.63) is 59.7 Å². The quantitative estimate of drug-likeness (QED) is 0.894. The molecule has 2 aromatic carbocycles. The first-order valence-electron chi connectivity index (χ1n) is 7.54. The maximum absolute atomic E-state index is 10.1. The molecule has 2 aliphatic rings. The summed E-state index contributed by atoms with van der Waals surface area (Å²) in [5.74, 6) is 0.911. The Bertz CT molecular complexity index is 625. The zero-order chi connectivity index (χ0) is 15.1. The number of hydrogen-bond acceptors (Lipinski definition) is 4. The summed E-state index contributed by atoms with van der Waals surface area (Å²) in [6.45, 7) is 1.14. The van der Waals surface area contributed by atoms with Gasteiger partial charge in [0.05, 0.1) is 25.4 Å². The van der Waals surface area contributed by atoms with E-state index in [1.54, 1.807) is 24.3 Å². The third kappa shape index (κ3) is 2.07. The standard InChI is InChI=1S/C18H18O4/c19-15-7-3-1-5-11(15)17-13-9-22-18(14(13)10-21-17)12-6-2-4-8-16(12)20/h1-8,13-14,17-20H,9-10H2. The maximum Gasteiger partial charge on any atom is 0.121 e. The van der Waals surface area contributed by atoms with Crippen LogP contribution in [0.5, 0.6) is 11.5 Å². The van der Waals surface area contributed by atoms with Crippen LogP contribution in [0.15, 0.2) is 48.5 Å². The van der Waals surface area contributed by atoms with Crippen LogP contribution in [0, 0.1) is 11.8 Å². The van der Waals surface area contributed by atoms with Crippen LogP contribution >= 0.6 is 0 Å². The summed E-state index contributed by atoms with van der Waals surface area (Å²) in [6, 6.07) is 14.6. The van der Waals surface area contributed by atoms with Crippen molar-refractivity contribution in [2.24, 2.45) is 11.8 Å². The molecule has 2 heterocycles. The second-order valence-electron chi connectivity index (χ2n) is 5.95. The highest BCUT2D eigenvalue weighted by Crippen LogP contribution is 2.52. The van der Waals surface area contributed by atoms with Crippen molar-refractivity contribution in [1.29, 1.82) is 0 Å². The molecule has 0 amide bonds. The van der Waals surface area contributed by atoms with E-state index in [-0.39, 0.29) is 35.5 Å². The number of fused-ring (bicyclic) bond motifs is 1. The minimum absolute atomic E-state index is 0.151. The average molecular weight is 298 g/mol. The molecule has 4 unspecified atom stereocenters.